The van der Waals surface area contributed by atoms with E-state index in [1.807, 2.05) is 18.5 Å². The standard InChI is InChI=1S/C23H36N6/c1-6-18-11-13-19(14-12-18)23(3,4)16-25-22(26-20-9-7-8-10-20)24-15-21-28-27-17(2)29(21)5/h11-14,20H,6-10,15-16H2,1-5H3,(H2,24,25,26). The Morgan fingerprint density at radius 3 is 2.45 bits per heavy atom. The zero-order valence-corrected chi connectivity index (χ0v) is 18.6. The van der Waals surface area contributed by atoms with Gasteiger partial charge in [0.1, 0.15) is 12.4 Å². The fourth-order valence-electron chi connectivity index (χ4n) is 3.75. The van der Waals surface area contributed by atoms with Crippen LogP contribution in [0.4, 0.5) is 0 Å². The molecule has 1 heterocycles. The minimum absolute atomic E-state index is 0.00572. The normalized spacial score (nSPS) is 15.7. The second-order valence-corrected chi connectivity index (χ2v) is 8.80. The lowest BCUT2D eigenvalue weighted by molar-refractivity contribution is 0.502. The highest BCUT2D eigenvalue weighted by atomic mass is 15.3. The smallest absolute Gasteiger partial charge is 0.191 e. The Labute approximate surface area is 175 Å². The molecule has 29 heavy (non-hydrogen) atoms. The van der Waals surface area contributed by atoms with Crippen molar-refractivity contribution in [1.29, 1.82) is 0 Å². The molecule has 1 aliphatic carbocycles. The van der Waals surface area contributed by atoms with Crippen molar-refractivity contribution >= 4 is 5.96 Å². The van der Waals surface area contributed by atoms with Crippen LogP contribution in [0.5, 0.6) is 0 Å². The molecule has 0 aliphatic heterocycles. The molecule has 2 N–H and O–H groups in total. The van der Waals surface area contributed by atoms with Crippen LogP contribution in [0.3, 0.4) is 0 Å². The quantitative estimate of drug-likeness (QED) is 0.554. The maximum absolute atomic E-state index is 4.83. The fraction of sp³-hybridized carbons (Fsp3) is 0.609. The van der Waals surface area contributed by atoms with Crippen LogP contribution < -0.4 is 10.6 Å². The summed E-state index contributed by atoms with van der Waals surface area (Å²) in [4.78, 5) is 4.83. The Morgan fingerprint density at radius 2 is 1.86 bits per heavy atom. The zero-order chi connectivity index (χ0) is 20.9. The van der Waals surface area contributed by atoms with E-state index >= 15 is 0 Å². The van der Waals surface area contributed by atoms with Gasteiger partial charge < -0.3 is 15.2 Å². The molecule has 2 aromatic rings. The van der Waals surface area contributed by atoms with E-state index in [-0.39, 0.29) is 5.41 Å². The molecular weight excluding hydrogens is 360 g/mol. The highest BCUT2D eigenvalue weighted by molar-refractivity contribution is 5.80. The van der Waals surface area contributed by atoms with Gasteiger partial charge in [-0.2, -0.15) is 0 Å². The molecule has 1 aromatic carbocycles. The first kappa shape index (κ1) is 21.3. The average molecular weight is 397 g/mol. The predicted molar refractivity (Wildman–Crippen MR) is 119 cm³/mol. The number of guanidine groups is 1. The molecule has 0 saturated heterocycles. The number of aliphatic imine (C=N–C) groups is 1. The molecule has 0 spiro atoms. The van der Waals surface area contributed by atoms with E-state index in [2.05, 4.69) is 65.9 Å². The van der Waals surface area contributed by atoms with E-state index in [1.54, 1.807) is 0 Å². The van der Waals surface area contributed by atoms with Crippen LogP contribution in [0.15, 0.2) is 29.3 Å². The van der Waals surface area contributed by atoms with Crippen LogP contribution in [0.1, 0.15) is 69.2 Å². The summed E-state index contributed by atoms with van der Waals surface area (Å²) in [7, 11) is 1.99. The monoisotopic (exact) mass is 396 g/mol. The molecule has 0 unspecified atom stereocenters. The van der Waals surface area contributed by atoms with Crippen molar-refractivity contribution in [2.24, 2.45) is 12.0 Å². The Hall–Kier alpha value is -2.37. The second kappa shape index (κ2) is 9.42. The van der Waals surface area contributed by atoms with Crippen LogP contribution >= 0.6 is 0 Å². The molecule has 1 saturated carbocycles. The minimum atomic E-state index is 0.00572. The lowest BCUT2D eigenvalue weighted by atomic mass is 9.84. The lowest BCUT2D eigenvalue weighted by Crippen LogP contribution is -2.46. The maximum atomic E-state index is 4.83. The molecule has 3 rings (SSSR count). The van der Waals surface area contributed by atoms with E-state index in [4.69, 9.17) is 4.99 Å². The first-order valence-electron chi connectivity index (χ1n) is 10.9. The zero-order valence-electron chi connectivity index (χ0n) is 18.6. The number of hydrogen-bond acceptors (Lipinski definition) is 3. The van der Waals surface area contributed by atoms with Gasteiger partial charge in [-0.1, -0.05) is 57.9 Å². The minimum Gasteiger partial charge on any atom is -0.356 e. The molecule has 158 valence electrons. The number of benzene rings is 1. The van der Waals surface area contributed by atoms with Gasteiger partial charge in [0.25, 0.3) is 0 Å². The highest BCUT2D eigenvalue weighted by Crippen LogP contribution is 2.23. The number of nitrogens with zero attached hydrogens (tertiary/aromatic N) is 4. The molecular formula is C23H36N6. The van der Waals surface area contributed by atoms with Crippen molar-refractivity contribution in [1.82, 2.24) is 25.4 Å². The summed E-state index contributed by atoms with van der Waals surface area (Å²) in [6, 6.07) is 9.49. The van der Waals surface area contributed by atoms with Gasteiger partial charge in [0.2, 0.25) is 0 Å². The first-order chi connectivity index (χ1) is 13.9. The highest BCUT2D eigenvalue weighted by Gasteiger charge is 2.22. The van der Waals surface area contributed by atoms with Gasteiger partial charge in [0.05, 0.1) is 0 Å². The van der Waals surface area contributed by atoms with E-state index < -0.39 is 0 Å². The molecule has 0 atom stereocenters. The van der Waals surface area contributed by atoms with Crippen molar-refractivity contribution in [2.45, 2.75) is 77.8 Å². The largest absolute Gasteiger partial charge is 0.356 e. The van der Waals surface area contributed by atoms with E-state index in [9.17, 15) is 0 Å². The van der Waals surface area contributed by atoms with Crippen molar-refractivity contribution < 1.29 is 0 Å². The van der Waals surface area contributed by atoms with Crippen LogP contribution in [0, 0.1) is 6.92 Å². The topological polar surface area (TPSA) is 67.1 Å². The Bertz CT molecular complexity index is 812. The third kappa shape index (κ3) is 5.58. The fourth-order valence-corrected chi connectivity index (χ4v) is 3.75. The summed E-state index contributed by atoms with van der Waals surface area (Å²) in [6.45, 7) is 10.0. The molecule has 0 bridgehead atoms. The molecule has 6 heteroatoms. The number of aromatic nitrogens is 3. The number of rotatable bonds is 7. The second-order valence-electron chi connectivity index (χ2n) is 8.80. The summed E-state index contributed by atoms with van der Waals surface area (Å²) >= 11 is 0. The van der Waals surface area contributed by atoms with Crippen molar-refractivity contribution in [3.05, 3.63) is 47.0 Å². The van der Waals surface area contributed by atoms with Crippen molar-refractivity contribution in [3.8, 4) is 0 Å². The summed E-state index contributed by atoms with van der Waals surface area (Å²) in [5, 5.41) is 15.6. The van der Waals surface area contributed by atoms with Gasteiger partial charge in [-0.15, -0.1) is 10.2 Å². The summed E-state index contributed by atoms with van der Waals surface area (Å²) in [5.74, 6) is 2.66. The number of hydrogen-bond donors (Lipinski definition) is 2. The maximum Gasteiger partial charge on any atom is 0.191 e. The van der Waals surface area contributed by atoms with Crippen molar-refractivity contribution in [3.63, 3.8) is 0 Å². The Kier molecular flexibility index (Phi) is 6.93. The first-order valence-corrected chi connectivity index (χ1v) is 10.9. The van der Waals surface area contributed by atoms with Crippen LogP contribution in [-0.4, -0.2) is 33.3 Å². The van der Waals surface area contributed by atoms with Gasteiger partial charge in [-0.05, 0) is 37.3 Å². The third-order valence-corrected chi connectivity index (χ3v) is 6.10. The lowest BCUT2D eigenvalue weighted by Gasteiger charge is -2.28. The molecule has 1 aromatic heterocycles. The molecule has 1 aliphatic rings. The molecule has 0 radical (unpaired) electrons. The van der Waals surface area contributed by atoms with Crippen molar-refractivity contribution in [2.75, 3.05) is 6.54 Å². The van der Waals surface area contributed by atoms with E-state index in [1.165, 1.54) is 36.8 Å². The average Bonchev–Trinajstić information content (AvgIpc) is 3.35. The van der Waals surface area contributed by atoms with Crippen LogP contribution in [0.25, 0.3) is 0 Å². The summed E-state index contributed by atoms with van der Waals surface area (Å²) in [5.41, 5.74) is 2.72. The van der Waals surface area contributed by atoms with Gasteiger partial charge in [-0.3, -0.25) is 0 Å². The SMILES string of the molecule is CCc1ccc(C(C)(C)CNC(=NCc2nnc(C)n2C)NC2CCCC2)cc1. The number of nitrogens with one attached hydrogen (secondary N) is 2. The van der Waals surface area contributed by atoms with Crippen LogP contribution in [0.2, 0.25) is 0 Å². The van der Waals surface area contributed by atoms with Gasteiger partial charge in [0.15, 0.2) is 11.8 Å². The van der Waals surface area contributed by atoms with Gasteiger partial charge >= 0.3 is 0 Å². The molecule has 0 amide bonds. The van der Waals surface area contributed by atoms with E-state index in [0.717, 1.165) is 30.6 Å². The summed E-state index contributed by atoms with van der Waals surface area (Å²) in [6.07, 6.45) is 6.09. The Balaban J connectivity index is 1.69. The number of aryl methyl sites for hydroxylation is 2. The van der Waals surface area contributed by atoms with E-state index in [0.29, 0.717) is 12.6 Å². The predicted octanol–water partition coefficient (Wildman–Crippen LogP) is 3.64. The Morgan fingerprint density at radius 1 is 1.17 bits per heavy atom. The molecule has 6 nitrogen and oxygen atoms in total. The third-order valence-electron chi connectivity index (χ3n) is 6.10. The van der Waals surface area contributed by atoms with Gasteiger partial charge in [0, 0.05) is 25.0 Å². The van der Waals surface area contributed by atoms with Crippen LogP contribution in [-0.2, 0) is 25.4 Å². The van der Waals surface area contributed by atoms with Gasteiger partial charge in [-0.25, -0.2) is 4.99 Å². The summed E-state index contributed by atoms with van der Waals surface area (Å²) < 4.78 is 2.00. The molecule has 1 fully saturated rings.